The number of benzene rings is 1. The summed E-state index contributed by atoms with van der Waals surface area (Å²) in [5, 5.41) is 11.6. The first-order valence-electron chi connectivity index (χ1n) is 5.92. The van der Waals surface area contributed by atoms with Crippen molar-refractivity contribution in [1.82, 2.24) is 10.3 Å². The first kappa shape index (κ1) is 12.8. The molecule has 4 nitrogen and oxygen atoms in total. The van der Waals surface area contributed by atoms with Crippen molar-refractivity contribution in [3.63, 3.8) is 0 Å². The fourth-order valence-corrected chi connectivity index (χ4v) is 1.72. The summed E-state index contributed by atoms with van der Waals surface area (Å²) in [5.74, 6) is -0.284. The Morgan fingerprint density at radius 1 is 1.32 bits per heavy atom. The Morgan fingerprint density at radius 2 is 2.05 bits per heavy atom. The van der Waals surface area contributed by atoms with E-state index >= 15 is 0 Å². The zero-order chi connectivity index (χ0) is 13.7. The van der Waals surface area contributed by atoms with E-state index in [9.17, 15) is 4.79 Å². The standard InChI is InChI=1S/C15H13N3O/c1-11(13-5-3-2-4-6-13)18-15(19)14-9-12(10-16)7-8-17-14/h2-9,11H,1H3,(H,18,19). The Kier molecular flexibility index (Phi) is 3.89. The molecule has 0 aliphatic rings. The predicted octanol–water partition coefficient (Wildman–Crippen LogP) is 2.44. The predicted molar refractivity (Wildman–Crippen MR) is 71.3 cm³/mol. The summed E-state index contributed by atoms with van der Waals surface area (Å²) in [6.45, 7) is 1.90. The van der Waals surface area contributed by atoms with Gasteiger partial charge < -0.3 is 5.32 Å². The van der Waals surface area contributed by atoms with Crippen LogP contribution in [0.25, 0.3) is 0 Å². The number of pyridine rings is 1. The summed E-state index contributed by atoms with van der Waals surface area (Å²) in [6.07, 6.45) is 1.46. The van der Waals surface area contributed by atoms with Gasteiger partial charge in [-0.05, 0) is 24.6 Å². The van der Waals surface area contributed by atoms with E-state index in [1.165, 1.54) is 12.3 Å². The highest BCUT2D eigenvalue weighted by Crippen LogP contribution is 2.12. The molecule has 0 radical (unpaired) electrons. The second kappa shape index (κ2) is 5.78. The van der Waals surface area contributed by atoms with Gasteiger partial charge in [0, 0.05) is 6.20 Å². The van der Waals surface area contributed by atoms with Crippen LogP contribution in [0.2, 0.25) is 0 Å². The van der Waals surface area contributed by atoms with Crippen LogP contribution >= 0.6 is 0 Å². The highest BCUT2D eigenvalue weighted by Gasteiger charge is 2.12. The number of hydrogen-bond donors (Lipinski definition) is 1. The summed E-state index contributed by atoms with van der Waals surface area (Å²) in [5.41, 5.74) is 1.70. The largest absolute Gasteiger partial charge is 0.344 e. The number of nitriles is 1. The highest BCUT2D eigenvalue weighted by atomic mass is 16.1. The van der Waals surface area contributed by atoms with Crippen molar-refractivity contribution in [2.75, 3.05) is 0 Å². The van der Waals surface area contributed by atoms with Crippen LogP contribution in [0, 0.1) is 11.3 Å². The van der Waals surface area contributed by atoms with Crippen molar-refractivity contribution in [2.24, 2.45) is 0 Å². The molecule has 1 N–H and O–H groups in total. The first-order chi connectivity index (χ1) is 9.20. The van der Waals surface area contributed by atoms with E-state index in [2.05, 4.69) is 10.3 Å². The first-order valence-corrected chi connectivity index (χ1v) is 5.92. The molecule has 1 atom stereocenters. The number of rotatable bonds is 3. The van der Waals surface area contributed by atoms with Gasteiger partial charge >= 0.3 is 0 Å². The van der Waals surface area contributed by atoms with Crippen molar-refractivity contribution in [3.05, 3.63) is 65.5 Å². The number of nitrogens with one attached hydrogen (secondary N) is 1. The molecule has 0 bridgehead atoms. The Hall–Kier alpha value is -2.67. The van der Waals surface area contributed by atoms with Gasteiger partial charge in [0.1, 0.15) is 5.69 Å². The lowest BCUT2D eigenvalue weighted by Crippen LogP contribution is -2.27. The summed E-state index contributed by atoms with van der Waals surface area (Å²) < 4.78 is 0. The van der Waals surface area contributed by atoms with E-state index in [1.54, 1.807) is 6.07 Å². The van der Waals surface area contributed by atoms with Gasteiger partial charge in [-0.1, -0.05) is 30.3 Å². The molecule has 0 aliphatic heterocycles. The number of hydrogen-bond acceptors (Lipinski definition) is 3. The number of aromatic nitrogens is 1. The molecule has 0 saturated carbocycles. The Labute approximate surface area is 111 Å². The topological polar surface area (TPSA) is 65.8 Å². The molecule has 0 fully saturated rings. The van der Waals surface area contributed by atoms with E-state index in [1.807, 2.05) is 43.3 Å². The van der Waals surface area contributed by atoms with Gasteiger partial charge in [0.15, 0.2) is 0 Å². The second-order valence-corrected chi connectivity index (χ2v) is 4.15. The molecule has 2 aromatic rings. The summed E-state index contributed by atoms with van der Waals surface area (Å²) in [7, 11) is 0. The minimum absolute atomic E-state index is 0.110. The third-order valence-electron chi connectivity index (χ3n) is 2.77. The molecule has 1 amide bonds. The lowest BCUT2D eigenvalue weighted by Gasteiger charge is -2.13. The van der Waals surface area contributed by atoms with Crippen LogP contribution in [0.5, 0.6) is 0 Å². The minimum Gasteiger partial charge on any atom is -0.344 e. The van der Waals surface area contributed by atoms with Crippen molar-refractivity contribution in [2.45, 2.75) is 13.0 Å². The molecule has 19 heavy (non-hydrogen) atoms. The van der Waals surface area contributed by atoms with E-state index in [0.717, 1.165) is 5.56 Å². The third-order valence-corrected chi connectivity index (χ3v) is 2.77. The minimum atomic E-state index is -0.284. The molecule has 0 aliphatic carbocycles. The second-order valence-electron chi connectivity index (χ2n) is 4.15. The quantitative estimate of drug-likeness (QED) is 0.911. The van der Waals surface area contributed by atoms with Crippen molar-refractivity contribution in [3.8, 4) is 6.07 Å². The summed E-state index contributed by atoms with van der Waals surface area (Å²) >= 11 is 0. The molecule has 1 aromatic carbocycles. The highest BCUT2D eigenvalue weighted by molar-refractivity contribution is 5.92. The van der Waals surface area contributed by atoms with Gasteiger partial charge in [-0.25, -0.2) is 0 Å². The summed E-state index contributed by atoms with van der Waals surface area (Å²) in [4.78, 5) is 16.0. The Bertz CT molecular complexity index is 617. The maximum absolute atomic E-state index is 12.0. The molecule has 1 heterocycles. The molecule has 0 spiro atoms. The molecular weight excluding hydrogens is 238 g/mol. The molecule has 4 heteroatoms. The van der Waals surface area contributed by atoms with E-state index in [-0.39, 0.29) is 17.6 Å². The number of nitrogens with zero attached hydrogens (tertiary/aromatic N) is 2. The van der Waals surface area contributed by atoms with Gasteiger partial charge in [0.05, 0.1) is 17.7 Å². The van der Waals surface area contributed by atoms with Gasteiger partial charge in [0.25, 0.3) is 5.91 Å². The SMILES string of the molecule is CC(NC(=O)c1cc(C#N)ccn1)c1ccccc1. The third kappa shape index (κ3) is 3.17. The van der Waals surface area contributed by atoms with Gasteiger partial charge in [0.2, 0.25) is 0 Å². The van der Waals surface area contributed by atoms with Crippen LogP contribution in [-0.2, 0) is 0 Å². The average Bonchev–Trinajstić information content (AvgIpc) is 2.48. The van der Waals surface area contributed by atoms with E-state index in [0.29, 0.717) is 5.56 Å². The van der Waals surface area contributed by atoms with Gasteiger partial charge in [-0.3, -0.25) is 9.78 Å². The molecule has 1 unspecified atom stereocenters. The van der Waals surface area contributed by atoms with E-state index < -0.39 is 0 Å². The van der Waals surface area contributed by atoms with Gasteiger partial charge in [-0.2, -0.15) is 5.26 Å². The van der Waals surface area contributed by atoms with Gasteiger partial charge in [-0.15, -0.1) is 0 Å². The zero-order valence-corrected chi connectivity index (χ0v) is 10.5. The van der Waals surface area contributed by atoms with Crippen LogP contribution in [0.1, 0.15) is 34.6 Å². The molecule has 0 saturated heterocycles. The normalized spacial score (nSPS) is 11.4. The van der Waals surface area contributed by atoms with Crippen molar-refractivity contribution < 1.29 is 4.79 Å². The lowest BCUT2D eigenvalue weighted by molar-refractivity contribution is 0.0935. The molecular formula is C15H13N3O. The van der Waals surface area contributed by atoms with Crippen LogP contribution in [0.3, 0.4) is 0 Å². The smallest absolute Gasteiger partial charge is 0.270 e. The Morgan fingerprint density at radius 3 is 2.74 bits per heavy atom. The fraction of sp³-hybridized carbons (Fsp3) is 0.133. The van der Waals surface area contributed by atoms with Crippen LogP contribution in [-0.4, -0.2) is 10.9 Å². The van der Waals surface area contributed by atoms with E-state index in [4.69, 9.17) is 5.26 Å². The molecule has 2 rings (SSSR count). The molecule has 1 aromatic heterocycles. The van der Waals surface area contributed by atoms with Crippen molar-refractivity contribution >= 4 is 5.91 Å². The molecule has 94 valence electrons. The monoisotopic (exact) mass is 251 g/mol. The fourth-order valence-electron chi connectivity index (χ4n) is 1.72. The van der Waals surface area contributed by atoms with Crippen LogP contribution in [0.15, 0.2) is 48.7 Å². The lowest BCUT2D eigenvalue weighted by atomic mass is 10.1. The maximum Gasteiger partial charge on any atom is 0.270 e. The van der Waals surface area contributed by atoms with Crippen LogP contribution in [0.4, 0.5) is 0 Å². The number of carbonyl (C=O) groups is 1. The Balaban J connectivity index is 2.11. The maximum atomic E-state index is 12.0. The average molecular weight is 251 g/mol. The van der Waals surface area contributed by atoms with Crippen molar-refractivity contribution in [1.29, 1.82) is 5.26 Å². The zero-order valence-electron chi connectivity index (χ0n) is 10.5. The summed E-state index contributed by atoms with van der Waals surface area (Å²) in [6, 6.07) is 14.6. The number of carbonyl (C=O) groups excluding carboxylic acids is 1. The van der Waals surface area contributed by atoms with Crippen LogP contribution < -0.4 is 5.32 Å². The number of amides is 1.